The van der Waals surface area contributed by atoms with Gasteiger partial charge in [0, 0.05) is 38.7 Å². The fraction of sp³-hybridized carbons (Fsp3) is 0.533. The number of carbonyl (C=O) groups is 1. The van der Waals surface area contributed by atoms with E-state index in [1.54, 1.807) is 6.07 Å². The molecule has 1 amide bonds. The lowest BCUT2D eigenvalue weighted by molar-refractivity contribution is 0.0832. The second-order valence-electron chi connectivity index (χ2n) is 11.2. The van der Waals surface area contributed by atoms with Gasteiger partial charge in [0.15, 0.2) is 0 Å². The quantitative estimate of drug-likeness (QED) is 0.251. The van der Waals surface area contributed by atoms with Crippen LogP contribution in [0.2, 0.25) is 0 Å². The smallest absolute Gasteiger partial charge is 0.251 e. The van der Waals surface area contributed by atoms with Crippen LogP contribution >= 0.6 is 0 Å². The van der Waals surface area contributed by atoms with E-state index in [9.17, 15) is 18.3 Å². The second-order valence-corrected chi connectivity index (χ2v) is 13.2. The Morgan fingerprint density at radius 2 is 1.85 bits per heavy atom. The standard InChI is InChI=1S/C30H41N5O4S/c1-21-15-25(21)20-34(2)28-17-24(18-29(33-28)35(3)40(4,38)39)30(37)32-26(16-23-9-6-5-7-10-23)27(36)19-31-14-8-11-22-12-13-22/h5-7,9-10,17-18,21-22,25-27,31,36H,12-16,19-20H2,1-4H3,(H,32,37)/t21-,25+,26-,27+/m0/s1. The maximum absolute atomic E-state index is 13.6. The van der Waals surface area contributed by atoms with E-state index >= 15 is 0 Å². The molecule has 2 saturated carbocycles. The van der Waals surface area contributed by atoms with Crippen LogP contribution in [0.15, 0.2) is 42.5 Å². The number of nitrogens with one attached hydrogen (secondary N) is 2. The SMILES string of the molecule is C[C@H]1C[C@@H]1CN(C)c1cc(C(=O)N[C@@H](Cc2ccccc2)[C@H](O)CNCC#CC2CC2)cc(N(C)S(C)(=O)=O)n1. The van der Waals surface area contributed by atoms with E-state index < -0.39 is 28.1 Å². The van der Waals surface area contributed by atoms with Gasteiger partial charge in [-0.25, -0.2) is 13.4 Å². The molecular weight excluding hydrogens is 526 g/mol. The average Bonchev–Trinajstić information content (AvgIpc) is 3.86. The number of aromatic nitrogens is 1. The second kappa shape index (κ2) is 13.0. The molecule has 1 aromatic carbocycles. The molecule has 0 saturated heterocycles. The summed E-state index contributed by atoms with van der Waals surface area (Å²) in [6.45, 7) is 3.71. The molecule has 4 atom stereocenters. The topological polar surface area (TPSA) is 115 Å². The van der Waals surface area contributed by atoms with Gasteiger partial charge in [0.05, 0.1) is 24.9 Å². The van der Waals surface area contributed by atoms with Gasteiger partial charge < -0.3 is 20.6 Å². The zero-order valence-electron chi connectivity index (χ0n) is 23.8. The van der Waals surface area contributed by atoms with E-state index in [0.717, 1.165) is 41.9 Å². The summed E-state index contributed by atoms with van der Waals surface area (Å²) < 4.78 is 25.7. The van der Waals surface area contributed by atoms with Gasteiger partial charge in [0.1, 0.15) is 11.6 Å². The van der Waals surface area contributed by atoms with E-state index in [4.69, 9.17) is 0 Å². The number of aliphatic hydroxyl groups is 1. The van der Waals surface area contributed by atoms with Crippen LogP contribution in [-0.2, 0) is 16.4 Å². The first-order chi connectivity index (χ1) is 19.0. The van der Waals surface area contributed by atoms with Crippen LogP contribution in [0.4, 0.5) is 11.6 Å². The van der Waals surface area contributed by atoms with Crippen LogP contribution in [0.25, 0.3) is 0 Å². The first-order valence-electron chi connectivity index (χ1n) is 13.9. The lowest BCUT2D eigenvalue weighted by Gasteiger charge is -2.26. The lowest BCUT2D eigenvalue weighted by Crippen LogP contribution is -2.48. The normalized spacial score (nSPS) is 19.6. The Labute approximate surface area is 238 Å². The van der Waals surface area contributed by atoms with Crippen molar-refractivity contribution in [1.82, 2.24) is 15.6 Å². The van der Waals surface area contributed by atoms with Crippen molar-refractivity contribution in [3.05, 3.63) is 53.6 Å². The molecule has 2 aliphatic carbocycles. The molecule has 2 aromatic rings. The van der Waals surface area contributed by atoms with Crippen molar-refractivity contribution < 1.29 is 18.3 Å². The fourth-order valence-electron chi connectivity index (χ4n) is 4.51. The maximum Gasteiger partial charge on any atom is 0.251 e. The maximum atomic E-state index is 13.6. The lowest BCUT2D eigenvalue weighted by atomic mass is 10.0. The van der Waals surface area contributed by atoms with Crippen molar-refractivity contribution in [2.24, 2.45) is 17.8 Å². The Morgan fingerprint density at radius 1 is 1.18 bits per heavy atom. The monoisotopic (exact) mass is 567 g/mol. The minimum absolute atomic E-state index is 0.164. The molecule has 0 aliphatic heterocycles. The van der Waals surface area contributed by atoms with Crippen LogP contribution in [0.5, 0.6) is 0 Å². The van der Waals surface area contributed by atoms with E-state index in [0.29, 0.717) is 36.5 Å². The van der Waals surface area contributed by atoms with Crippen LogP contribution in [0, 0.1) is 29.6 Å². The van der Waals surface area contributed by atoms with E-state index in [-0.39, 0.29) is 17.9 Å². The molecule has 216 valence electrons. The summed E-state index contributed by atoms with van der Waals surface area (Å²) in [7, 11) is -0.269. The van der Waals surface area contributed by atoms with Gasteiger partial charge >= 0.3 is 0 Å². The van der Waals surface area contributed by atoms with Crippen molar-refractivity contribution in [2.75, 3.05) is 49.2 Å². The van der Waals surface area contributed by atoms with Gasteiger partial charge in [-0.3, -0.25) is 9.10 Å². The number of sulfonamides is 1. The molecule has 0 bridgehead atoms. The molecule has 40 heavy (non-hydrogen) atoms. The molecule has 10 heteroatoms. The number of rotatable bonds is 13. The zero-order valence-corrected chi connectivity index (χ0v) is 24.6. The van der Waals surface area contributed by atoms with Crippen molar-refractivity contribution in [1.29, 1.82) is 0 Å². The summed E-state index contributed by atoms with van der Waals surface area (Å²) in [5, 5.41) is 17.3. The summed E-state index contributed by atoms with van der Waals surface area (Å²) in [5.41, 5.74) is 1.26. The third-order valence-corrected chi connectivity index (χ3v) is 8.77. The molecule has 0 spiro atoms. The Hall–Kier alpha value is -3.13. The highest BCUT2D eigenvalue weighted by atomic mass is 32.2. The first-order valence-corrected chi connectivity index (χ1v) is 15.7. The van der Waals surface area contributed by atoms with Gasteiger partial charge in [0.2, 0.25) is 10.0 Å². The third-order valence-electron chi connectivity index (χ3n) is 7.59. The first kappa shape index (κ1) is 29.8. The van der Waals surface area contributed by atoms with Gasteiger partial charge in [-0.15, -0.1) is 0 Å². The van der Waals surface area contributed by atoms with Gasteiger partial charge in [-0.05, 0) is 55.2 Å². The predicted octanol–water partition coefficient (Wildman–Crippen LogP) is 2.27. The van der Waals surface area contributed by atoms with E-state index in [1.165, 1.54) is 13.1 Å². The minimum atomic E-state index is -3.59. The summed E-state index contributed by atoms with van der Waals surface area (Å²) in [4.78, 5) is 20.1. The van der Waals surface area contributed by atoms with Crippen molar-refractivity contribution in [3.8, 4) is 11.8 Å². The van der Waals surface area contributed by atoms with Crippen LogP contribution < -0.4 is 19.8 Å². The molecule has 9 nitrogen and oxygen atoms in total. The number of anilines is 2. The number of benzene rings is 1. The van der Waals surface area contributed by atoms with Crippen LogP contribution in [0.1, 0.15) is 42.1 Å². The number of amides is 1. The molecule has 1 aromatic heterocycles. The molecule has 3 N–H and O–H groups in total. The predicted molar refractivity (Wildman–Crippen MR) is 159 cm³/mol. The van der Waals surface area contributed by atoms with Crippen LogP contribution in [0.3, 0.4) is 0 Å². The van der Waals surface area contributed by atoms with E-state index in [1.807, 2.05) is 42.3 Å². The summed E-state index contributed by atoms with van der Waals surface area (Å²) in [6, 6.07) is 12.2. The molecular formula is C30H41N5O4S. The molecule has 2 fully saturated rings. The molecule has 0 radical (unpaired) electrons. The van der Waals surface area contributed by atoms with Gasteiger partial charge in [-0.1, -0.05) is 49.1 Å². The summed E-state index contributed by atoms with van der Waals surface area (Å²) in [6.07, 6.45) is 4.12. The number of carbonyl (C=O) groups excluding carboxylic acids is 1. The molecule has 4 rings (SSSR count). The Morgan fingerprint density at radius 3 is 2.48 bits per heavy atom. The largest absolute Gasteiger partial charge is 0.390 e. The zero-order chi connectivity index (χ0) is 28.9. The van der Waals surface area contributed by atoms with Crippen molar-refractivity contribution in [2.45, 2.75) is 44.8 Å². The number of nitrogens with zero attached hydrogens (tertiary/aromatic N) is 3. The molecule has 0 unspecified atom stereocenters. The number of aliphatic hydroxyl groups excluding tert-OH is 1. The van der Waals surface area contributed by atoms with Crippen LogP contribution in [-0.4, -0.2) is 76.5 Å². The Balaban J connectivity index is 1.54. The fourth-order valence-corrected chi connectivity index (χ4v) is 4.94. The average molecular weight is 568 g/mol. The highest BCUT2D eigenvalue weighted by molar-refractivity contribution is 7.92. The molecule has 2 aliphatic rings. The minimum Gasteiger partial charge on any atom is -0.390 e. The number of hydrogen-bond acceptors (Lipinski definition) is 7. The number of pyridine rings is 1. The summed E-state index contributed by atoms with van der Waals surface area (Å²) in [5.74, 6) is 8.27. The summed E-state index contributed by atoms with van der Waals surface area (Å²) >= 11 is 0. The van der Waals surface area contributed by atoms with Crippen molar-refractivity contribution >= 4 is 27.6 Å². The highest BCUT2D eigenvalue weighted by Crippen LogP contribution is 2.38. The van der Waals surface area contributed by atoms with Gasteiger partial charge in [0.25, 0.3) is 5.91 Å². The Kier molecular flexibility index (Phi) is 9.72. The van der Waals surface area contributed by atoms with Crippen molar-refractivity contribution in [3.63, 3.8) is 0 Å². The third kappa shape index (κ3) is 8.68. The molecule has 1 heterocycles. The van der Waals surface area contributed by atoms with E-state index in [2.05, 4.69) is 34.4 Å². The number of hydrogen-bond donors (Lipinski definition) is 3. The highest BCUT2D eigenvalue weighted by Gasteiger charge is 2.34. The Bertz CT molecular complexity index is 1340. The van der Waals surface area contributed by atoms with Gasteiger partial charge in [-0.2, -0.15) is 0 Å².